The van der Waals surface area contributed by atoms with Crippen molar-refractivity contribution in [3.05, 3.63) is 47.5 Å². The molecule has 0 saturated heterocycles. The van der Waals surface area contributed by atoms with Gasteiger partial charge in [0.05, 0.1) is 27.0 Å². The number of methoxy groups -OCH3 is 3. The third-order valence-electron chi connectivity index (χ3n) is 3.29. The van der Waals surface area contributed by atoms with E-state index < -0.39 is 0 Å². The van der Waals surface area contributed by atoms with Crippen molar-refractivity contribution in [1.29, 1.82) is 0 Å². The van der Waals surface area contributed by atoms with Gasteiger partial charge in [0.25, 0.3) is 0 Å². The van der Waals surface area contributed by atoms with Crippen molar-refractivity contribution < 1.29 is 14.2 Å². The summed E-state index contributed by atoms with van der Waals surface area (Å²) < 4.78 is 15.9. The SMILES string of the molecule is COc1ccc(C)cc1NCc1ccc(OC)c(OC)c1. The van der Waals surface area contributed by atoms with Crippen LogP contribution in [0.1, 0.15) is 11.1 Å². The quantitative estimate of drug-likeness (QED) is 0.880. The van der Waals surface area contributed by atoms with Crippen LogP contribution in [0.2, 0.25) is 0 Å². The lowest BCUT2D eigenvalue weighted by Gasteiger charge is -2.13. The molecule has 0 aromatic heterocycles. The smallest absolute Gasteiger partial charge is 0.161 e. The van der Waals surface area contributed by atoms with E-state index in [0.717, 1.165) is 28.5 Å². The number of benzene rings is 2. The van der Waals surface area contributed by atoms with E-state index in [1.807, 2.05) is 30.3 Å². The van der Waals surface area contributed by atoms with Gasteiger partial charge in [-0.25, -0.2) is 0 Å². The minimum atomic E-state index is 0.681. The summed E-state index contributed by atoms with van der Waals surface area (Å²) in [6, 6.07) is 11.9. The highest BCUT2D eigenvalue weighted by atomic mass is 16.5. The van der Waals surface area contributed by atoms with Crippen LogP contribution in [0.15, 0.2) is 36.4 Å². The second-order valence-corrected chi connectivity index (χ2v) is 4.75. The molecule has 112 valence electrons. The molecule has 1 N–H and O–H groups in total. The lowest BCUT2D eigenvalue weighted by atomic mass is 10.1. The van der Waals surface area contributed by atoms with E-state index >= 15 is 0 Å². The molecule has 0 amide bonds. The Morgan fingerprint density at radius 3 is 2.14 bits per heavy atom. The Labute approximate surface area is 125 Å². The fourth-order valence-electron chi connectivity index (χ4n) is 2.15. The van der Waals surface area contributed by atoms with Gasteiger partial charge in [-0.2, -0.15) is 0 Å². The van der Waals surface area contributed by atoms with Crippen LogP contribution >= 0.6 is 0 Å². The molecular formula is C17H21NO3. The summed E-state index contributed by atoms with van der Waals surface area (Å²) in [5, 5.41) is 3.39. The van der Waals surface area contributed by atoms with Gasteiger partial charge in [-0.05, 0) is 42.3 Å². The van der Waals surface area contributed by atoms with E-state index in [1.54, 1.807) is 21.3 Å². The molecule has 0 bridgehead atoms. The van der Waals surface area contributed by atoms with Gasteiger partial charge in [0.1, 0.15) is 5.75 Å². The highest BCUT2D eigenvalue weighted by molar-refractivity contribution is 5.58. The molecule has 0 aliphatic heterocycles. The van der Waals surface area contributed by atoms with Crippen LogP contribution in [-0.4, -0.2) is 21.3 Å². The number of nitrogens with one attached hydrogen (secondary N) is 1. The first kappa shape index (κ1) is 15.0. The van der Waals surface area contributed by atoms with Crippen molar-refractivity contribution in [3.63, 3.8) is 0 Å². The molecule has 4 heteroatoms. The van der Waals surface area contributed by atoms with Gasteiger partial charge in [-0.15, -0.1) is 0 Å². The first-order valence-corrected chi connectivity index (χ1v) is 6.77. The Hall–Kier alpha value is -2.36. The predicted molar refractivity (Wildman–Crippen MR) is 84.6 cm³/mol. The van der Waals surface area contributed by atoms with Crippen LogP contribution in [0, 0.1) is 6.92 Å². The van der Waals surface area contributed by atoms with Crippen molar-refractivity contribution in [2.75, 3.05) is 26.6 Å². The van der Waals surface area contributed by atoms with Gasteiger partial charge in [0.15, 0.2) is 11.5 Å². The Morgan fingerprint density at radius 1 is 0.810 bits per heavy atom. The minimum absolute atomic E-state index is 0.681. The number of hydrogen-bond donors (Lipinski definition) is 1. The number of hydrogen-bond acceptors (Lipinski definition) is 4. The maximum absolute atomic E-state index is 5.36. The van der Waals surface area contributed by atoms with E-state index in [2.05, 4.69) is 18.3 Å². The topological polar surface area (TPSA) is 39.7 Å². The van der Waals surface area contributed by atoms with E-state index in [0.29, 0.717) is 6.54 Å². The number of rotatable bonds is 6. The molecule has 0 aliphatic rings. The highest BCUT2D eigenvalue weighted by Gasteiger charge is 2.06. The lowest BCUT2D eigenvalue weighted by molar-refractivity contribution is 0.354. The molecule has 0 spiro atoms. The molecule has 0 unspecified atom stereocenters. The summed E-state index contributed by atoms with van der Waals surface area (Å²) in [5.41, 5.74) is 3.27. The Bertz CT molecular complexity index is 611. The zero-order chi connectivity index (χ0) is 15.2. The number of ether oxygens (including phenoxy) is 3. The van der Waals surface area contributed by atoms with Gasteiger partial charge in [0, 0.05) is 6.54 Å². The number of anilines is 1. The molecular weight excluding hydrogens is 266 g/mol. The third kappa shape index (κ3) is 3.60. The Kier molecular flexibility index (Phi) is 4.93. The standard InChI is InChI=1S/C17H21NO3/c1-12-5-7-15(19-2)14(9-12)18-11-13-6-8-16(20-3)17(10-13)21-4/h5-10,18H,11H2,1-4H3. The van der Waals surface area contributed by atoms with Crippen LogP contribution in [0.4, 0.5) is 5.69 Å². The summed E-state index contributed by atoms with van der Waals surface area (Å²) in [4.78, 5) is 0. The molecule has 0 saturated carbocycles. The number of aryl methyl sites for hydroxylation is 1. The van der Waals surface area contributed by atoms with Crippen LogP contribution in [0.25, 0.3) is 0 Å². The van der Waals surface area contributed by atoms with E-state index in [1.165, 1.54) is 5.56 Å². The zero-order valence-corrected chi connectivity index (χ0v) is 12.9. The van der Waals surface area contributed by atoms with E-state index in [-0.39, 0.29) is 0 Å². The molecule has 2 aromatic carbocycles. The average Bonchev–Trinajstić information content (AvgIpc) is 2.52. The highest BCUT2D eigenvalue weighted by Crippen LogP contribution is 2.29. The first-order valence-electron chi connectivity index (χ1n) is 6.77. The van der Waals surface area contributed by atoms with Gasteiger partial charge in [-0.1, -0.05) is 12.1 Å². The van der Waals surface area contributed by atoms with Crippen molar-refractivity contribution in [1.82, 2.24) is 0 Å². The van der Waals surface area contributed by atoms with Crippen molar-refractivity contribution >= 4 is 5.69 Å². The largest absolute Gasteiger partial charge is 0.495 e. The normalized spacial score (nSPS) is 10.1. The van der Waals surface area contributed by atoms with Crippen molar-refractivity contribution in [3.8, 4) is 17.2 Å². The van der Waals surface area contributed by atoms with Crippen molar-refractivity contribution in [2.45, 2.75) is 13.5 Å². The first-order chi connectivity index (χ1) is 10.2. The summed E-state index contributed by atoms with van der Waals surface area (Å²) in [6.45, 7) is 2.74. The molecule has 0 fully saturated rings. The fourth-order valence-corrected chi connectivity index (χ4v) is 2.15. The van der Waals surface area contributed by atoms with E-state index in [4.69, 9.17) is 14.2 Å². The van der Waals surface area contributed by atoms with Gasteiger partial charge in [0.2, 0.25) is 0 Å². The zero-order valence-electron chi connectivity index (χ0n) is 12.9. The third-order valence-corrected chi connectivity index (χ3v) is 3.29. The van der Waals surface area contributed by atoms with Crippen LogP contribution in [0.3, 0.4) is 0 Å². The van der Waals surface area contributed by atoms with Gasteiger partial charge in [-0.3, -0.25) is 0 Å². The molecule has 0 heterocycles. The second-order valence-electron chi connectivity index (χ2n) is 4.75. The molecule has 2 aromatic rings. The molecule has 21 heavy (non-hydrogen) atoms. The summed E-state index contributed by atoms with van der Waals surface area (Å²) in [6.07, 6.45) is 0. The van der Waals surface area contributed by atoms with Gasteiger partial charge < -0.3 is 19.5 Å². The summed E-state index contributed by atoms with van der Waals surface area (Å²) in [5.74, 6) is 2.29. The molecule has 0 radical (unpaired) electrons. The van der Waals surface area contributed by atoms with Crippen molar-refractivity contribution in [2.24, 2.45) is 0 Å². The Balaban J connectivity index is 2.14. The molecule has 0 aliphatic carbocycles. The maximum atomic E-state index is 5.36. The summed E-state index contributed by atoms with van der Waals surface area (Å²) in [7, 11) is 4.94. The second kappa shape index (κ2) is 6.88. The van der Waals surface area contributed by atoms with Crippen LogP contribution in [-0.2, 0) is 6.54 Å². The predicted octanol–water partition coefficient (Wildman–Crippen LogP) is 3.63. The lowest BCUT2D eigenvalue weighted by Crippen LogP contribution is -2.02. The van der Waals surface area contributed by atoms with Gasteiger partial charge >= 0.3 is 0 Å². The maximum Gasteiger partial charge on any atom is 0.161 e. The monoisotopic (exact) mass is 287 g/mol. The van der Waals surface area contributed by atoms with Crippen LogP contribution in [0.5, 0.6) is 17.2 Å². The van der Waals surface area contributed by atoms with E-state index in [9.17, 15) is 0 Å². The summed E-state index contributed by atoms with van der Waals surface area (Å²) >= 11 is 0. The average molecular weight is 287 g/mol. The van der Waals surface area contributed by atoms with Crippen LogP contribution < -0.4 is 19.5 Å². The molecule has 2 rings (SSSR count). The Morgan fingerprint density at radius 2 is 1.48 bits per heavy atom. The minimum Gasteiger partial charge on any atom is -0.495 e. The fraction of sp³-hybridized carbons (Fsp3) is 0.294. The molecule has 4 nitrogen and oxygen atoms in total. The molecule has 0 atom stereocenters.